The molecule has 0 saturated heterocycles. The van der Waals surface area contributed by atoms with Crippen molar-refractivity contribution in [2.45, 2.75) is 6.92 Å². The summed E-state index contributed by atoms with van der Waals surface area (Å²) in [5.41, 5.74) is 0.453. The van der Waals surface area contributed by atoms with Gasteiger partial charge in [-0.1, -0.05) is 30.3 Å². The summed E-state index contributed by atoms with van der Waals surface area (Å²) in [4.78, 5) is 27.1. The van der Waals surface area contributed by atoms with E-state index in [0.29, 0.717) is 5.56 Å². The molecule has 0 aliphatic heterocycles. The molecule has 0 unspecified atom stereocenters. The van der Waals surface area contributed by atoms with Crippen LogP contribution in [0.3, 0.4) is 0 Å². The first-order chi connectivity index (χ1) is 8.72. The van der Waals surface area contributed by atoms with Gasteiger partial charge in [0.25, 0.3) is 5.89 Å². The van der Waals surface area contributed by atoms with E-state index in [1.807, 2.05) is 0 Å². The minimum atomic E-state index is -0.628. The molecule has 5 heteroatoms. The highest BCUT2D eigenvalue weighted by molar-refractivity contribution is 6.06. The lowest BCUT2D eigenvalue weighted by atomic mass is 10.1. The molecule has 1 aromatic heterocycles. The molecule has 1 aromatic carbocycles. The third-order valence-corrected chi connectivity index (χ3v) is 2.21. The first-order valence-corrected chi connectivity index (χ1v) is 5.45. The fourth-order valence-corrected chi connectivity index (χ4v) is 1.39. The number of oxazole rings is 1. The molecule has 2 rings (SSSR count). The summed E-state index contributed by atoms with van der Waals surface area (Å²) in [5, 5.41) is 0. The Bertz CT molecular complexity index is 559. The quantitative estimate of drug-likeness (QED) is 0.609. The van der Waals surface area contributed by atoms with Crippen LogP contribution in [0.1, 0.15) is 33.7 Å². The van der Waals surface area contributed by atoms with Gasteiger partial charge in [0, 0.05) is 5.56 Å². The number of carbonyl (C=O) groups excluding carboxylic acids is 2. The van der Waals surface area contributed by atoms with E-state index in [-0.39, 0.29) is 24.0 Å². The fourth-order valence-electron chi connectivity index (χ4n) is 1.39. The van der Waals surface area contributed by atoms with Crippen LogP contribution < -0.4 is 0 Å². The van der Waals surface area contributed by atoms with Crippen molar-refractivity contribution < 1.29 is 18.7 Å². The van der Waals surface area contributed by atoms with Gasteiger partial charge < -0.3 is 9.15 Å². The van der Waals surface area contributed by atoms with Crippen LogP contribution in [0.25, 0.3) is 0 Å². The Labute approximate surface area is 103 Å². The third kappa shape index (κ3) is 2.45. The second-order valence-electron chi connectivity index (χ2n) is 3.45. The fraction of sp³-hybridized carbons (Fsp3) is 0.154. The molecule has 0 amide bonds. The number of hydrogen-bond acceptors (Lipinski definition) is 5. The number of esters is 1. The molecule has 18 heavy (non-hydrogen) atoms. The van der Waals surface area contributed by atoms with E-state index in [2.05, 4.69) is 4.98 Å². The summed E-state index contributed by atoms with van der Waals surface area (Å²) >= 11 is 0. The molecule has 0 radical (unpaired) electrons. The van der Waals surface area contributed by atoms with Crippen LogP contribution in [0.4, 0.5) is 0 Å². The van der Waals surface area contributed by atoms with Crippen molar-refractivity contribution in [2.24, 2.45) is 0 Å². The van der Waals surface area contributed by atoms with Gasteiger partial charge in [-0.2, -0.15) is 0 Å². The van der Waals surface area contributed by atoms with Crippen molar-refractivity contribution in [1.29, 1.82) is 0 Å². The molecule has 5 nitrogen and oxygen atoms in total. The topological polar surface area (TPSA) is 69.4 Å². The number of hydrogen-bond donors (Lipinski definition) is 0. The van der Waals surface area contributed by atoms with Gasteiger partial charge in [-0.3, -0.25) is 4.79 Å². The monoisotopic (exact) mass is 245 g/mol. The van der Waals surface area contributed by atoms with Crippen molar-refractivity contribution in [2.75, 3.05) is 6.61 Å². The molecule has 0 saturated carbocycles. The lowest BCUT2D eigenvalue weighted by Gasteiger charge is -1.96. The number of nitrogens with zero attached hydrogens (tertiary/aromatic N) is 1. The second kappa shape index (κ2) is 5.27. The van der Waals surface area contributed by atoms with Gasteiger partial charge in [0.05, 0.1) is 12.8 Å². The molecule has 92 valence electrons. The highest BCUT2D eigenvalue weighted by Gasteiger charge is 2.19. The van der Waals surface area contributed by atoms with E-state index in [1.165, 1.54) is 6.20 Å². The molecule has 0 spiro atoms. The van der Waals surface area contributed by atoms with E-state index in [4.69, 9.17) is 9.15 Å². The number of carbonyl (C=O) groups is 2. The molecule has 0 aliphatic carbocycles. The lowest BCUT2D eigenvalue weighted by molar-refractivity contribution is 0.0488. The van der Waals surface area contributed by atoms with E-state index in [1.54, 1.807) is 37.3 Å². The van der Waals surface area contributed by atoms with Gasteiger partial charge in [0.2, 0.25) is 11.5 Å². The Morgan fingerprint density at radius 1 is 1.28 bits per heavy atom. The van der Waals surface area contributed by atoms with Crippen molar-refractivity contribution in [3.8, 4) is 0 Å². The number of ether oxygens (including phenoxy) is 1. The minimum Gasteiger partial charge on any atom is -0.460 e. The van der Waals surface area contributed by atoms with Gasteiger partial charge in [0.1, 0.15) is 0 Å². The van der Waals surface area contributed by atoms with Crippen molar-refractivity contribution in [1.82, 2.24) is 4.98 Å². The third-order valence-electron chi connectivity index (χ3n) is 2.21. The predicted molar refractivity (Wildman–Crippen MR) is 62.3 cm³/mol. The van der Waals surface area contributed by atoms with Gasteiger partial charge >= 0.3 is 5.97 Å². The zero-order chi connectivity index (χ0) is 13.0. The zero-order valence-electron chi connectivity index (χ0n) is 9.75. The summed E-state index contributed by atoms with van der Waals surface area (Å²) in [7, 11) is 0. The molecule has 0 fully saturated rings. The molecule has 1 heterocycles. The molecular weight excluding hydrogens is 234 g/mol. The maximum Gasteiger partial charge on any atom is 0.375 e. The maximum absolute atomic E-state index is 11.9. The van der Waals surface area contributed by atoms with Gasteiger partial charge in [-0.15, -0.1) is 0 Å². The van der Waals surface area contributed by atoms with Crippen LogP contribution in [0.2, 0.25) is 0 Å². The first-order valence-electron chi connectivity index (χ1n) is 5.45. The van der Waals surface area contributed by atoms with Crippen molar-refractivity contribution in [3.05, 3.63) is 53.7 Å². The zero-order valence-corrected chi connectivity index (χ0v) is 9.75. The molecular formula is C13H11NO4. The predicted octanol–water partition coefficient (Wildman–Crippen LogP) is 2.08. The van der Waals surface area contributed by atoms with Crippen LogP contribution in [0, 0.1) is 0 Å². The van der Waals surface area contributed by atoms with Gasteiger partial charge in [-0.05, 0) is 6.92 Å². The number of rotatable bonds is 4. The summed E-state index contributed by atoms with van der Waals surface area (Å²) in [5.74, 6) is -1.19. The summed E-state index contributed by atoms with van der Waals surface area (Å²) in [6.45, 7) is 1.92. The van der Waals surface area contributed by atoms with Crippen LogP contribution in [0.15, 0.2) is 40.9 Å². The highest BCUT2D eigenvalue weighted by atomic mass is 16.5. The molecule has 0 bridgehead atoms. The van der Waals surface area contributed by atoms with E-state index in [9.17, 15) is 9.59 Å². The van der Waals surface area contributed by atoms with E-state index >= 15 is 0 Å². The molecule has 0 aliphatic rings. The van der Waals surface area contributed by atoms with E-state index < -0.39 is 5.97 Å². The highest BCUT2D eigenvalue weighted by Crippen LogP contribution is 2.11. The summed E-state index contributed by atoms with van der Waals surface area (Å²) in [6, 6.07) is 8.58. The lowest BCUT2D eigenvalue weighted by Crippen LogP contribution is -2.03. The van der Waals surface area contributed by atoms with Crippen LogP contribution in [-0.4, -0.2) is 23.3 Å². The smallest absolute Gasteiger partial charge is 0.375 e. The number of ketones is 1. The molecule has 2 aromatic rings. The largest absolute Gasteiger partial charge is 0.460 e. The minimum absolute atomic E-state index is 0.0730. The number of benzene rings is 1. The maximum atomic E-state index is 11.9. The first kappa shape index (κ1) is 12.0. The van der Waals surface area contributed by atoms with Crippen LogP contribution >= 0.6 is 0 Å². The Hall–Kier alpha value is -2.43. The SMILES string of the molecule is CCOC(=O)c1cnc(C(=O)c2ccccc2)o1. The second-order valence-corrected chi connectivity index (χ2v) is 3.45. The Kier molecular flexibility index (Phi) is 3.52. The number of aromatic nitrogens is 1. The average Bonchev–Trinajstić information content (AvgIpc) is 2.89. The normalized spacial score (nSPS) is 10.1. The van der Waals surface area contributed by atoms with Gasteiger partial charge in [0.15, 0.2) is 0 Å². The summed E-state index contributed by atoms with van der Waals surface area (Å²) < 4.78 is 9.82. The molecule has 0 N–H and O–H groups in total. The van der Waals surface area contributed by atoms with Crippen molar-refractivity contribution in [3.63, 3.8) is 0 Å². The van der Waals surface area contributed by atoms with Crippen molar-refractivity contribution >= 4 is 11.8 Å². The molecule has 0 atom stereocenters. The Balaban J connectivity index is 2.20. The Morgan fingerprint density at radius 3 is 2.67 bits per heavy atom. The van der Waals surface area contributed by atoms with Crippen LogP contribution in [0.5, 0.6) is 0 Å². The Morgan fingerprint density at radius 2 is 2.00 bits per heavy atom. The van der Waals surface area contributed by atoms with E-state index in [0.717, 1.165) is 0 Å². The average molecular weight is 245 g/mol. The standard InChI is InChI=1S/C13H11NO4/c1-2-17-13(16)10-8-14-12(18-10)11(15)9-6-4-3-5-7-9/h3-8H,2H2,1H3. The van der Waals surface area contributed by atoms with Crippen LogP contribution in [-0.2, 0) is 4.74 Å². The van der Waals surface area contributed by atoms with Gasteiger partial charge in [-0.25, -0.2) is 9.78 Å². The summed E-state index contributed by atoms with van der Waals surface area (Å²) in [6.07, 6.45) is 1.19.